The number of rotatable bonds is 8. The SMILES string of the molecule is CCN(CC)CCn1c(=N)n(C[C@@H](O)c2ccc3c(c2)OCO3)c2ccccc21. The molecule has 0 saturated heterocycles. The molecule has 0 amide bonds. The van der Waals surface area contributed by atoms with Crippen molar-refractivity contribution in [3.63, 3.8) is 0 Å². The Balaban J connectivity index is 1.63. The van der Waals surface area contributed by atoms with Crippen molar-refractivity contribution in [2.75, 3.05) is 26.4 Å². The van der Waals surface area contributed by atoms with Crippen LogP contribution in [0.25, 0.3) is 11.0 Å². The summed E-state index contributed by atoms with van der Waals surface area (Å²) >= 11 is 0. The smallest absolute Gasteiger partial charge is 0.231 e. The van der Waals surface area contributed by atoms with E-state index in [4.69, 9.17) is 14.9 Å². The first-order valence-electron chi connectivity index (χ1n) is 10.1. The Bertz CT molecular complexity index is 1050. The van der Waals surface area contributed by atoms with Gasteiger partial charge in [-0.05, 0) is 42.9 Å². The van der Waals surface area contributed by atoms with E-state index < -0.39 is 6.10 Å². The molecule has 0 bridgehead atoms. The highest BCUT2D eigenvalue weighted by Crippen LogP contribution is 2.34. The van der Waals surface area contributed by atoms with Crippen LogP contribution in [0.4, 0.5) is 0 Å². The Morgan fingerprint density at radius 3 is 2.45 bits per heavy atom. The molecule has 7 nitrogen and oxygen atoms in total. The van der Waals surface area contributed by atoms with Crippen molar-refractivity contribution in [2.45, 2.75) is 33.0 Å². The number of nitrogens with one attached hydrogen (secondary N) is 1. The average molecular weight is 396 g/mol. The lowest BCUT2D eigenvalue weighted by Gasteiger charge is -2.18. The van der Waals surface area contributed by atoms with E-state index in [0.717, 1.165) is 42.8 Å². The highest BCUT2D eigenvalue weighted by Gasteiger charge is 2.19. The zero-order valence-corrected chi connectivity index (χ0v) is 17.0. The monoisotopic (exact) mass is 396 g/mol. The maximum atomic E-state index is 10.9. The molecule has 154 valence electrons. The van der Waals surface area contributed by atoms with Gasteiger partial charge in [-0.15, -0.1) is 0 Å². The fourth-order valence-corrected chi connectivity index (χ4v) is 3.89. The molecule has 1 atom stereocenters. The first-order chi connectivity index (χ1) is 14.1. The van der Waals surface area contributed by atoms with Gasteiger partial charge in [-0.25, -0.2) is 0 Å². The van der Waals surface area contributed by atoms with Crippen molar-refractivity contribution >= 4 is 11.0 Å². The molecule has 7 heteroatoms. The van der Waals surface area contributed by atoms with Gasteiger partial charge in [0.1, 0.15) is 0 Å². The maximum Gasteiger partial charge on any atom is 0.231 e. The standard InChI is InChI=1S/C22H28N4O3/c1-3-24(4-2)11-12-25-17-7-5-6-8-18(17)26(22(25)23)14-19(27)16-9-10-20-21(13-16)29-15-28-20/h5-10,13,19,23,27H,3-4,11-12,14-15H2,1-2H3/t19-/m1/s1. The highest BCUT2D eigenvalue weighted by atomic mass is 16.7. The molecule has 0 aliphatic carbocycles. The van der Waals surface area contributed by atoms with E-state index in [0.29, 0.717) is 23.7 Å². The van der Waals surface area contributed by atoms with E-state index in [1.54, 1.807) is 0 Å². The molecule has 0 unspecified atom stereocenters. The molecule has 0 fully saturated rings. The predicted octanol–water partition coefficient (Wildman–Crippen LogP) is 2.73. The number of imidazole rings is 1. The number of ether oxygens (including phenoxy) is 2. The first-order valence-corrected chi connectivity index (χ1v) is 10.1. The van der Waals surface area contributed by atoms with E-state index >= 15 is 0 Å². The van der Waals surface area contributed by atoms with Gasteiger partial charge in [-0.1, -0.05) is 32.0 Å². The van der Waals surface area contributed by atoms with Crippen LogP contribution in [0.5, 0.6) is 11.5 Å². The zero-order chi connectivity index (χ0) is 20.4. The van der Waals surface area contributed by atoms with Crippen molar-refractivity contribution in [3.05, 3.63) is 53.6 Å². The molecular formula is C22H28N4O3. The van der Waals surface area contributed by atoms with E-state index in [-0.39, 0.29) is 6.79 Å². The fourth-order valence-electron chi connectivity index (χ4n) is 3.89. The van der Waals surface area contributed by atoms with Crippen LogP contribution in [0.3, 0.4) is 0 Å². The third-order valence-corrected chi connectivity index (χ3v) is 5.65. The molecule has 29 heavy (non-hydrogen) atoms. The number of aliphatic hydroxyl groups excluding tert-OH is 1. The molecule has 1 aliphatic heterocycles. The Kier molecular flexibility index (Phi) is 5.60. The summed E-state index contributed by atoms with van der Waals surface area (Å²) in [4.78, 5) is 2.35. The number of nitrogens with zero attached hydrogens (tertiary/aromatic N) is 3. The molecule has 0 spiro atoms. The van der Waals surface area contributed by atoms with Gasteiger partial charge in [-0.3, -0.25) is 5.41 Å². The lowest BCUT2D eigenvalue weighted by molar-refractivity contribution is 0.154. The van der Waals surface area contributed by atoms with E-state index in [2.05, 4.69) is 18.7 Å². The summed E-state index contributed by atoms with van der Waals surface area (Å²) in [5.74, 6) is 1.35. The number of aromatic nitrogens is 2. The summed E-state index contributed by atoms with van der Waals surface area (Å²) in [6.07, 6.45) is -0.749. The van der Waals surface area contributed by atoms with E-state index in [1.807, 2.05) is 51.6 Å². The van der Waals surface area contributed by atoms with Crippen LogP contribution in [0, 0.1) is 5.41 Å². The second kappa shape index (κ2) is 8.31. The third kappa shape index (κ3) is 3.75. The molecule has 2 aromatic carbocycles. The van der Waals surface area contributed by atoms with Crippen molar-refractivity contribution in [1.82, 2.24) is 14.0 Å². The highest BCUT2D eigenvalue weighted by molar-refractivity contribution is 5.75. The van der Waals surface area contributed by atoms with Crippen molar-refractivity contribution in [1.29, 1.82) is 5.41 Å². The van der Waals surface area contributed by atoms with E-state index in [9.17, 15) is 5.11 Å². The lowest BCUT2D eigenvalue weighted by atomic mass is 10.1. The normalized spacial score (nSPS) is 14.1. The summed E-state index contributed by atoms with van der Waals surface area (Å²) in [6, 6.07) is 13.5. The zero-order valence-electron chi connectivity index (χ0n) is 17.0. The Morgan fingerprint density at radius 1 is 1.03 bits per heavy atom. The predicted molar refractivity (Wildman–Crippen MR) is 111 cm³/mol. The second-order valence-electron chi connectivity index (χ2n) is 7.23. The van der Waals surface area contributed by atoms with Crippen LogP contribution < -0.4 is 15.1 Å². The minimum absolute atomic E-state index is 0.209. The van der Waals surface area contributed by atoms with Crippen molar-refractivity contribution in [2.24, 2.45) is 0 Å². The van der Waals surface area contributed by atoms with Crippen molar-refractivity contribution in [3.8, 4) is 11.5 Å². The van der Waals surface area contributed by atoms with Gasteiger partial charge in [0, 0.05) is 13.1 Å². The molecule has 3 aromatic rings. The molecule has 0 radical (unpaired) electrons. The van der Waals surface area contributed by atoms with Gasteiger partial charge < -0.3 is 28.6 Å². The second-order valence-corrected chi connectivity index (χ2v) is 7.23. The van der Waals surface area contributed by atoms with Gasteiger partial charge >= 0.3 is 0 Å². The Labute approximate surface area is 170 Å². The quantitative estimate of drug-likeness (QED) is 0.614. The molecule has 0 saturated carbocycles. The van der Waals surface area contributed by atoms with Crippen molar-refractivity contribution < 1.29 is 14.6 Å². The summed E-state index contributed by atoms with van der Waals surface area (Å²) in [5, 5.41) is 19.6. The molecule has 4 rings (SSSR count). The minimum Gasteiger partial charge on any atom is -0.454 e. The summed E-state index contributed by atoms with van der Waals surface area (Å²) in [5.41, 5.74) is 3.12. The molecular weight excluding hydrogens is 368 g/mol. The topological polar surface area (TPSA) is 75.6 Å². The number of fused-ring (bicyclic) bond motifs is 2. The van der Waals surface area contributed by atoms with Crippen LogP contribution >= 0.6 is 0 Å². The maximum absolute atomic E-state index is 10.9. The van der Waals surface area contributed by atoms with Gasteiger partial charge in [-0.2, -0.15) is 0 Å². The minimum atomic E-state index is -0.749. The largest absolute Gasteiger partial charge is 0.454 e. The van der Waals surface area contributed by atoms with Gasteiger partial charge in [0.2, 0.25) is 12.4 Å². The Morgan fingerprint density at radius 2 is 1.72 bits per heavy atom. The summed E-state index contributed by atoms with van der Waals surface area (Å²) in [7, 11) is 0. The molecule has 2 N–H and O–H groups in total. The summed E-state index contributed by atoms with van der Waals surface area (Å²) in [6.45, 7) is 8.44. The van der Waals surface area contributed by atoms with Crippen LogP contribution in [-0.4, -0.2) is 45.6 Å². The third-order valence-electron chi connectivity index (χ3n) is 5.65. The Hall–Kier alpha value is -2.77. The number of benzene rings is 2. The molecule has 2 heterocycles. The first kappa shape index (κ1) is 19.5. The fraction of sp³-hybridized carbons (Fsp3) is 0.409. The lowest BCUT2D eigenvalue weighted by Crippen LogP contribution is -2.32. The van der Waals surface area contributed by atoms with Gasteiger partial charge in [0.15, 0.2) is 11.5 Å². The summed E-state index contributed by atoms with van der Waals surface area (Å²) < 4.78 is 14.7. The number of hydrogen-bond acceptors (Lipinski definition) is 5. The van der Waals surface area contributed by atoms with Crippen LogP contribution in [0.1, 0.15) is 25.5 Å². The number of hydrogen-bond donors (Lipinski definition) is 2. The average Bonchev–Trinajstić information content (AvgIpc) is 3.32. The van der Waals surface area contributed by atoms with Crippen LogP contribution in [-0.2, 0) is 13.1 Å². The van der Waals surface area contributed by atoms with Gasteiger partial charge in [0.05, 0.1) is 23.7 Å². The molecule has 1 aliphatic rings. The number of likely N-dealkylation sites (N-methyl/N-ethyl adjacent to an activating group) is 1. The number of para-hydroxylation sites is 2. The molecule has 1 aromatic heterocycles. The number of aliphatic hydroxyl groups is 1. The van der Waals surface area contributed by atoms with Gasteiger partial charge in [0.25, 0.3) is 0 Å². The van der Waals surface area contributed by atoms with Crippen LogP contribution in [0.15, 0.2) is 42.5 Å². The van der Waals surface area contributed by atoms with Crippen LogP contribution in [0.2, 0.25) is 0 Å². The van der Waals surface area contributed by atoms with E-state index in [1.165, 1.54) is 0 Å².